The number of allylic oxidation sites excluding steroid dienone is 4. The van der Waals surface area contributed by atoms with Crippen LogP contribution in [0.1, 0.15) is 53.7 Å². The molecule has 0 unspecified atom stereocenters. The number of aromatic nitrogens is 1. The van der Waals surface area contributed by atoms with Crippen LogP contribution in [0.4, 0.5) is 5.69 Å². The summed E-state index contributed by atoms with van der Waals surface area (Å²) in [6.07, 6.45) is 12.0. The van der Waals surface area contributed by atoms with Gasteiger partial charge in [0.15, 0.2) is 11.5 Å². The van der Waals surface area contributed by atoms with Crippen LogP contribution in [0, 0.1) is 18.3 Å². The molecule has 1 saturated heterocycles. The lowest BCUT2D eigenvalue weighted by atomic mass is 9.89. The molecule has 1 aliphatic heterocycles. The van der Waals surface area contributed by atoms with E-state index in [1.165, 1.54) is 5.56 Å². The standard InChI is InChI=1S/C23H26N4O/c1-14-18(12-24)20-22(28-23(25-20)16-8-9-16)21(19(14)15-6-4-5-7-15)27-11-10-17(13-27)26(2)3/h4-7,15-17H,8-11,13H2,1-3H3/t17-/m0/s1. The Kier molecular flexibility index (Phi) is 4.06. The van der Waals surface area contributed by atoms with Crippen molar-refractivity contribution in [3.05, 3.63) is 46.9 Å². The van der Waals surface area contributed by atoms with Crippen LogP contribution in [0.25, 0.3) is 11.1 Å². The lowest BCUT2D eigenvalue weighted by molar-refractivity contribution is 0.315. The number of fused-ring (bicyclic) bond motifs is 1. The molecule has 2 aliphatic carbocycles. The van der Waals surface area contributed by atoms with Crippen molar-refractivity contribution in [3.63, 3.8) is 0 Å². The molecule has 1 aromatic carbocycles. The molecule has 0 amide bonds. The summed E-state index contributed by atoms with van der Waals surface area (Å²) in [4.78, 5) is 9.56. The van der Waals surface area contributed by atoms with E-state index in [4.69, 9.17) is 9.40 Å². The van der Waals surface area contributed by atoms with Gasteiger partial charge < -0.3 is 14.2 Å². The van der Waals surface area contributed by atoms with Crippen molar-refractivity contribution in [2.24, 2.45) is 0 Å². The van der Waals surface area contributed by atoms with Gasteiger partial charge in [-0.2, -0.15) is 5.26 Å². The Morgan fingerprint density at radius 3 is 2.57 bits per heavy atom. The minimum atomic E-state index is 0.180. The van der Waals surface area contributed by atoms with Crippen molar-refractivity contribution < 1.29 is 4.42 Å². The molecule has 1 aromatic heterocycles. The van der Waals surface area contributed by atoms with Crippen molar-refractivity contribution in [2.75, 3.05) is 32.1 Å². The summed E-state index contributed by atoms with van der Waals surface area (Å²) in [5, 5.41) is 9.93. The van der Waals surface area contributed by atoms with Crippen LogP contribution in [0.15, 0.2) is 28.7 Å². The van der Waals surface area contributed by atoms with Gasteiger partial charge in [0.05, 0.1) is 11.3 Å². The summed E-state index contributed by atoms with van der Waals surface area (Å²) >= 11 is 0. The van der Waals surface area contributed by atoms with E-state index in [9.17, 15) is 5.26 Å². The monoisotopic (exact) mass is 374 g/mol. The number of anilines is 1. The van der Waals surface area contributed by atoms with Crippen molar-refractivity contribution in [1.29, 1.82) is 5.26 Å². The topological polar surface area (TPSA) is 56.3 Å². The van der Waals surface area contributed by atoms with Crippen LogP contribution >= 0.6 is 0 Å². The molecule has 5 heteroatoms. The first-order valence-corrected chi connectivity index (χ1v) is 10.2. The maximum absolute atomic E-state index is 9.93. The number of hydrogen-bond acceptors (Lipinski definition) is 5. The van der Waals surface area contributed by atoms with E-state index in [0.29, 0.717) is 17.5 Å². The van der Waals surface area contributed by atoms with E-state index in [0.717, 1.165) is 60.6 Å². The molecule has 5 rings (SSSR count). The maximum Gasteiger partial charge on any atom is 0.198 e. The lowest BCUT2D eigenvalue weighted by Crippen LogP contribution is -2.32. The van der Waals surface area contributed by atoms with Gasteiger partial charge in [-0.1, -0.05) is 24.3 Å². The quantitative estimate of drug-likeness (QED) is 0.801. The molecule has 2 aromatic rings. The number of nitriles is 1. The summed E-state index contributed by atoms with van der Waals surface area (Å²) in [5.41, 5.74) is 5.62. The summed E-state index contributed by atoms with van der Waals surface area (Å²) in [6.45, 7) is 4.04. The minimum absolute atomic E-state index is 0.180. The number of oxazole rings is 1. The Morgan fingerprint density at radius 2 is 1.96 bits per heavy atom. The fraction of sp³-hybridized carbons (Fsp3) is 0.478. The predicted octanol–water partition coefficient (Wildman–Crippen LogP) is 4.24. The van der Waals surface area contributed by atoms with Crippen LogP contribution in [0.3, 0.4) is 0 Å². The van der Waals surface area contributed by atoms with Crippen LogP contribution < -0.4 is 4.90 Å². The van der Waals surface area contributed by atoms with Crippen molar-refractivity contribution >= 4 is 16.8 Å². The number of likely N-dealkylation sites (N-methyl/N-ethyl adjacent to an activating group) is 1. The molecule has 2 heterocycles. The molecule has 144 valence electrons. The highest BCUT2D eigenvalue weighted by atomic mass is 16.4. The Hall–Kier alpha value is -2.58. The summed E-state index contributed by atoms with van der Waals surface area (Å²) < 4.78 is 6.36. The minimum Gasteiger partial charge on any atom is -0.438 e. The van der Waals surface area contributed by atoms with Gasteiger partial charge in [-0.05, 0) is 51.4 Å². The summed E-state index contributed by atoms with van der Waals surface area (Å²) in [7, 11) is 4.30. The van der Waals surface area contributed by atoms with E-state index in [1.807, 2.05) is 0 Å². The molecule has 0 radical (unpaired) electrons. The first kappa shape index (κ1) is 17.5. The second-order valence-electron chi connectivity index (χ2n) is 8.53. The van der Waals surface area contributed by atoms with Gasteiger partial charge in [0, 0.05) is 31.0 Å². The van der Waals surface area contributed by atoms with E-state index in [2.05, 4.69) is 61.2 Å². The molecule has 0 bridgehead atoms. The summed E-state index contributed by atoms with van der Waals surface area (Å²) in [5.74, 6) is 1.42. The fourth-order valence-electron chi connectivity index (χ4n) is 4.63. The number of nitrogens with zero attached hydrogens (tertiary/aromatic N) is 4. The van der Waals surface area contributed by atoms with Crippen LogP contribution in [-0.4, -0.2) is 43.1 Å². The van der Waals surface area contributed by atoms with Gasteiger partial charge in [0.1, 0.15) is 11.6 Å². The predicted molar refractivity (Wildman–Crippen MR) is 111 cm³/mol. The number of rotatable bonds is 4. The molecular formula is C23H26N4O. The van der Waals surface area contributed by atoms with Crippen LogP contribution in [0.5, 0.6) is 0 Å². The number of hydrogen-bond donors (Lipinski definition) is 0. The Labute approximate surface area is 165 Å². The Bertz CT molecular complexity index is 1020. The Balaban J connectivity index is 1.75. The average molecular weight is 374 g/mol. The Morgan fingerprint density at radius 1 is 1.21 bits per heavy atom. The van der Waals surface area contributed by atoms with Gasteiger partial charge in [0.25, 0.3) is 0 Å². The second-order valence-corrected chi connectivity index (χ2v) is 8.53. The first-order chi connectivity index (χ1) is 13.6. The zero-order chi connectivity index (χ0) is 19.4. The SMILES string of the molecule is Cc1c(C2C=CC=C2)c(N2CC[C@H](N(C)C)C2)c2oc(C3CC3)nc2c1C#N. The smallest absolute Gasteiger partial charge is 0.198 e. The lowest BCUT2D eigenvalue weighted by Gasteiger charge is -2.27. The highest BCUT2D eigenvalue weighted by Crippen LogP contribution is 2.47. The van der Waals surface area contributed by atoms with Gasteiger partial charge in [0.2, 0.25) is 0 Å². The van der Waals surface area contributed by atoms with Crippen LogP contribution in [-0.2, 0) is 0 Å². The van der Waals surface area contributed by atoms with E-state index < -0.39 is 0 Å². The van der Waals surface area contributed by atoms with Crippen molar-refractivity contribution in [3.8, 4) is 6.07 Å². The molecule has 0 spiro atoms. The van der Waals surface area contributed by atoms with Crippen molar-refractivity contribution in [2.45, 2.75) is 44.1 Å². The third-order valence-electron chi connectivity index (χ3n) is 6.46. The maximum atomic E-state index is 9.93. The number of benzene rings is 1. The highest BCUT2D eigenvalue weighted by Gasteiger charge is 2.35. The first-order valence-electron chi connectivity index (χ1n) is 10.2. The molecule has 28 heavy (non-hydrogen) atoms. The molecule has 1 atom stereocenters. The third-order valence-corrected chi connectivity index (χ3v) is 6.46. The van der Waals surface area contributed by atoms with E-state index in [1.54, 1.807) is 0 Å². The molecule has 1 saturated carbocycles. The fourth-order valence-corrected chi connectivity index (χ4v) is 4.63. The largest absolute Gasteiger partial charge is 0.438 e. The zero-order valence-corrected chi connectivity index (χ0v) is 16.8. The van der Waals surface area contributed by atoms with Crippen LogP contribution in [0.2, 0.25) is 0 Å². The highest BCUT2D eigenvalue weighted by molar-refractivity contribution is 5.95. The van der Waals surface area contributed by atoms with Gasteiger partial charge in [-0.15, -0.1) is 0 Å². The van der Waals surface area contributed by atoms with Gasteiger partial charge in [-0.3, -0.25) is 0 Å². The molecule has 5 nitrogen and oxygen atoms in total. The molecular weight excluding hydrogens is 348 g/mol. The van der Waals surface area contributed by atoms with Crippen molar-refractivity contribution in [1.82, 2.24) is 9.88 Å². The van der Waals surface area contributed by atoms with E-state index in [-0.39, 0.29) is 5.92 Å². The zero-order valence-electron chi connectivity index (χ0n) is 16.8. The second kappa shape index (κ2) is 6.49. The molecule has 0 N–H and O–H groups in total. The molecule has 3 aliphatic rings. The summed E-state index contributed by atoms with van der Waals surface area (Å²) in [6, 6.07) is 2.95. The third kappa shape index (κ3) is 2.67. The normalized spacial score (nSPS) is 22.1. The van der Waals surface area contributed by atoms with Gasteiger partial charge >= 0.3 is 0 Å². The van der Waals surface area contributed by atoms with E-state index >= 15 is 0 Å². The van der Waals surface area contributed by atoms with Gasteiger partial charge in [-0.25, -0.2) is 4.98 Å². The molecule has 2 fully saturated rings. The average Bonchev–Trinajstić information content (AvgIpc) is 3.09.